The van der Waals surface area contributed by atoms with Crippen LogP contribution in [0, 0.1) is 79.8 Å². The van der Waals surface area contributed by atoms with Crippen molar-refractivity contribution in [2.75, 3.05) is 0 Å². The molecule has 5 aliphatic heterocycles. The van der Waals surface area contributed by atoms with Gasteiger partial charge in [-0.15, -0.1) is 0 Å². The van der Waals surface area contributed by atoms with E-state index in [2.05, 4.69) is 47.3 Å². The molecule has 384 valence electrons. The fourth-order valence-corrected chi connectivity index (χ4v) is 23.8. The SMILES string of the molecule is C=C1C(=O)O[C@@H]2C3=C([C@@H]4C[C@]3(C)[C@]3(C4)C(=O)O[C@@H]4C5=C([C@@H]6C[C@]5(C)[C@]5(C6)C(=O)O[C@@H]6C7=C([C@H]8C[C@]7(C)[C@]7(C8)C(=O)O[C@@H]8[C@H]9C(C)=CC[C@@]9%10O[C@@]%10(C)CC[C@@H]87)[C@@](C)(O)CC[C@H]65)[C@@](C)(O)CC[C@H]43)[C@@](C)(O)CC[C@@H]12. The molecule has 11 aliphatic carbocycles. The summed E-state index contributed by atoms with van der Waals surface area (Å²) in [5.74, 6) is -2.49. The number of hydrogen-bond donors (Lipinski definition) is 3. The molecule has 72 heavy (non-hydrogen) atoms. The molecule has 16 aliphatic rings. The highest BCUT2D eigenvalue weighted by Gasteiger charge is 2.85. The molecule has 4 saturated carbocycles. The number of fused-ring (bicyclic) bond motifs is 26. The van der Waals surface area contributed by atoms with Crippen molar-refractivity contribution < 1.29 is 58.2 Å². The molecule has 16 rings (SSSR count). The van der Waals surface area contributed by atoms with Gasteiger partial charge < -0.3 is 39.0 Å². The van der Waals surface area contributed by atoms with Crippen molar-refractivity contribution in [3.05, 3.63) is 57.2 Å². The third kappa shape index (κ3) is 4.26. The van der Waals surface area contributed by atoms with Crippen LogP contribution in [0.5, 0.6) is 0 Å². The topological polar surface area (TPSA) is 178 Å². The summed E-state index contributed by atoms with van der Waals surface area (Å²) in [5, 5.41) is 38.0. The summed E-state index contributed by atoms with van der Waals surface area (Å²) in [6, 6.07) is 0. The van der Waals surface area contributed by atoms with Crippen LogP contribution in [-0.4, -0.2) is 91.6 Å². The summed E-state index contributed by atoms with van der Waals surface area (Å²) < 4.78 is 33.8. The molecule has 23 atom stereocenters. The van der Waals surface area contributed by atoms with Crippen LogP contribution in [0.4, 0.5) is 0 Å². The van der Waals surface area contributed by atoms with E-state index in [0.29, 0.717) is 82.6 Å². The first-order valence-corrected chi connectivity index (χ1v) is 28.1. The van der Waals surface area contributed by atoms with Gasteiger partial charge in [0.05, 0.1) is 38.6 Å². The molecule has 0 aromatic carbocycles. The fraction of sp³-hybridized carbons (Fsp3) is 0.767. The zero-order valence-electron chi connectivity index (χ0n) is 43.3. The van der Waals surface area contributed by atoms with Crippen LogP contribution in [-0.2, 0) is 42.9 Å². The van der Waals surface area contributed by atoms with Crippen LogP contribution >= 0.6 is 0 Å². The molecule has 5 saturated heterocycles. The highest BCUT2D eigenvalue weighted by Crippen LogP contribution is 2.83. The van der Waals surface area contributed by atoms with Crippen molar-refractivity contribution >= 4 is 23.9 Å². The van der Waals surface area contributed by atoms with Crippen molar-refractivity contribution in [2.45, 2.75) is 204 Å². The normalized spacial score (nSPS) is 60.4. The zero-order chi connectivity index (χ0) is 50.2. The molecule has 0 unspecified atom stereocenters. The van der Waals surface area contributed by atoms with Gasteiger partial charge in [-0.25, -0.2) is 4.79 Å². The highest BCUT2D eigenvalue weighted by atomic mass is 16.6. The molecule has 3 N–H and O–H groups in total. The molecular weight excluding hydrogens is 913 g/mol. The average molecular weight is 985 g/mol. The number of esters is 4. The zero-order valence-corrected chi connectivity index (χ0v) is 43.3. The molecule has 12 nitrogen and oxygen atoms in total. The Morgan fingerprint density at radius 2 is 0.958 bits per heavy atom. The lowest BCUT2D eigenvalue weighted by Crippen LogP contribution is -2.53. The number of carbonyl (C=O) groups excluding carboxylic acids is 4. The number of aliphatic hydroxyl groups is 3. The summed E-state index contributed by atoms with van der Waals surface area (Å²) >= 11 is 0. The number of ether oxygens (including phenoxy) is 5. The maximum atomic E-state index is 15.8. The Balaban J connectivity index is 0.807. The van der Waals surface area contributed by atoms with E-state index in [1.54, 1.807) is 0 Å². The third-order valence-corrected chi connectivity index (χ3v) is 26.3. The van der Waals surface area contributed by atoms with E-state index in [0.717, 1.165) is 52.7 Å². The Labute approximate surface area is 421 Å². The predicted molar refractivity (Wildman–Crippen MR) is 256 cm³/mol. The molecule has 4 spiro atoms. The van der Waals surface area contributed by atoms with Crippen molar-refractivity contribution in [1.82, 2.24) is 0 Å². The number of epoxide rings is 1. The predicted octanol–water partition coefficient (Wildman–Crippen LogP) is 7.77. The number of carbonyl (C=O) groups is 4. The van der Waals surface area contributed by atoms with Gasteiger partial charge in [0, 0.05) is 51.4 Å². The van der Waals surface area contributed by atoms with Gasteiger partial charge in [0.25, 0.3) is 0 Å². The largest absolute Gasteiger partial charge is 0.461 e. The lowest BCUT2D eigenvalue weighted by molar-refractivity contribution is -0.155. The summed E-state index contributed by atoms with van der Waals surface area (Å²) in [5.41, 5.74) is -2.30. The van der Waals surface area contributed by atoms with E-state index < -0.39 is 73.6 Å². The standard InChI is InChI=1S/C60H72O12/c1-26-10-19-60-35(26)43-34(14-18-56(60,9)72-60)59(47(62)69-43)25-30-22-52(59,5)41-38(30)55(8,67)17-13-33-45(41)71-49(64)58(33)24-29-21-51(58,4)40-37(29)54(7,66)16-12-32-44(40)70-48(63)57(32)23-28-20-50(57,3)39-36(28)53(6,65)15-11-31-27(2)46(61)68-42(31)39/h10,28-35,42-45,65-67H,2,11-25H2,1,3-9H3/t28-,29-,30+,31+,32-,33-,34+,35-,42+,43+,44+,45+,50+,51+,52+,53+,54+,55+,56+,57+,58+,59+,60-/m1/s1. The second-order valence-corrected chi connectivity index (χ2v) is 28.8. The molecule has 0 aromatic heterocycles. The molecule has 5 heterocycles. The lowest BCUT2D eigenvalue weighted by Gasteiger charge is -2.50. The minimum absolute atomic E-state index is 0.00653. The summed E-state index contributed by atoms with van der Waals surface area (Å²) in [4.78, 5) is 59.9. The fourth-order valence-electron chi connectivity index (χ4n) is 23.8. The Morgan fingerprint density at radius 3 is 1.46 bits per heavy atom. The van der Waals surface area contributed by atoms with Crippen molar-refractivity contribution in [3.8, 4) is 0 Å². The monoisotopic (exact) mass is 985 g/mol. The number of rotatable bonds is 0. The van der Waals surface area contributed by atoms with Gasteiger partial charge in [0.2, 0.25) is 0 Å². The second kappa shape index (κ2) is 12.3. The maximum Gasteiger partial charge on any atom is 0.334 e. The van der Waals surface area contributed by atoms with Crippen molar-refractivity contribution in [2.24, 2.45) is 79.8 Å². The Bertz CT molecular complexity index is 2920. The highest BCUT2D eigenvalue weighted by molar-refractivity contribution is 5.92. The first-order valence-electron chi connectivity index (χ1n) is 28.1. The van der Waals surface area contributed by atoms with E-state index in [1.165, 1.54) is 5.57 Å². The summed E-state index contributed by atoms with van der Waals surface area (Å²) in [7, 11) is 0. The Kier molecular flexibility index (Phi) is 7.64. The maximum absolute atomic E-state index is 15.8. The van der Waals surface area contributed by atoms with Gasteiger partial charge in [-0.3, -0.25) is 14.4 Å². The van der Waals surface area contributed by atoms with E-state index in [-0.39, 0.29) is 82.6 Å². The number of hydrogen-bond acceptors (Lipinski definition) is 12. The van der Waals surface area contributed by atoms with Gasteiger partial charge in [-0.1, -0.05) is 39.0 Å². The van der Waals surface area contributed by atoms with Gasteiger partial charge in [-0.2, -0.15) is 0 Å². The van der Waals surface area contributed by atoms with E-state index in [4.69, 9.17) is 23.7 Å². The van der Waals surface area contributed by atoms with Crippen LogP contribution in [0.25, 0.3) is 0 Å². The molecule has 0 radical (unpaired) electrons. The second-order valence-electron chi connectivity index (χ2n) is 28.8. The lowest BCUT2D eigenvalue weighted by atomic mass is 9.49. The van der Waals surface area contributed by atoms with Crippen LogP contribution in [0.15, 0.2) is 57.2 Å². The van der Waals surface area contributed by atoms with Gasteiger partial charge >= 0.3 is 23.9 Å². The summed E-state index contributed by atoms with van der Waals surface area (Å²) in [6.45, 7) is 20.9. The van der Waals surface area contributed by atoms with Crippen LogP contribution in [0.1, 0.15) is 152 Å². The quantitative estimate of drug-likeness (QED) is 0.0708. The van der Waals surface area contributed by atoms with E-state index >= 15 is 14.4 Å². The van der Waals surface area contributed by atoms with E-state index in [1.807, 2.05) is 20.8 Å². The smallest absolute Gasteiger partial charge is 0.334 e. The molecule has 12 heteroatoms. The molecule has 9 fully saturated rings. The Morgan fingerprint density at radius 1 is 0.528 bits per heavy atom. The molecular formula is C60H72O12. The molecule has 6 bridgehead atoms. The van der Waals surface area contributed by atoms with Crippen molar-refractivity contribution in [3.63, 3.8) is 0 Å². The first kappa shape index (κ1) is 44.7. The van der Waals surface area contributed by atoms with E-state index in [9.17, 15) is 20.1 Å². The molecule has 0 aromatic rings. The summed E-state index contributed by atoms with van der Waals surface area (Å²) in [6.07, 6.45) is 8.95. The minimum atomic E-state index is -1.22. The van der Waals surface area contributed by atoms with Gasteiger partial charge in [0.15, 0.2) is 0 Å². The first-order chi connectivity index (χ1) is 33.7. The third-order valence-electron chi connectivity index (χ3n) is 26.3. The van der Waals surface area contributed by atoms with Crippen LogP contribution in [0.3, 0.4) is 0 Å². The Hall–Kier alpha value is -3.58. The van der Waals surface area contributed by atoms with Gasteiger partial charge in [0.1, 0.15) is 30.0 Å². The molecule has 0 amide bonds. The van der Waals surface area contributed by atoms with Crippen LogP contribution in [0.2, 0.25) is 0 Å². The minimum Gasteiger partial charge on any atom is -0.461 e. The van der Waals surface area contributed by atoms with Crippen molar-refractivity contribution in [1.29, 1.82) is 0 Å². The van der Waals surface area contributed by atoms with Gasteiger partial charge in [-0.05, 0) is 182 Å². The average Bonchev–Trinajstić information content (AvgIpc) is 4.11. The van der Waals surface area contributed by atoms with Crippen LogP contribution < -0.4 is 0 Å².